The molecular formula is C14H20N2O. The van der Waals surface area contributed by atoms with Gasteiger partial charge in [-0.1, -0.05) is 43.7 Å². The number of carbonyl (C=O) groups excluding carboxylic acids is 1. The molecule has 0 heterocycles. The summed E-state index contributed by atoms with van der Waals surface area (Å²) in [5.41, 5.74) is 7.08. The maximum absolute atomic E-state index is 11.9. The number of hydrogen-bond acceptors (Lipinski definition) is 2. The van der Waals surface area contributed by atoms with Crippen LogP contribution in [-0.4, -0.2) is 12.5 Å². The molecule has 0 bridgehead atoms. The molecule has 0 aliphatic heterocycles. The third kappa shape index (κ3) is 2.86. The van der Waals surface area contributed by atoms with Gasteiger partial charge in [-0.05, 0) is 23.8 Å². The van der Waals surface area contributed by atoms with Crippen LogP contribution in [0.3, 0.4) is 0 Å². The summed E-state index contributed by atoms with van der Waals surface area (Å²) in [7, 11) is 0. The van der Waals surface area contributed by atoms with Crippen molar-refractivity contribution in [3.8, 4) is 0 Å². The van der Waals surface area contributed by atoms with Crippen LogP contribution < -0.4 is 11.1 Å². The molecule has 1 aromatic rings. The van der Waals surface area contributed by atoms with E-state index in [2.05, 4.69) is 12.2 Å². The highest BCUT2D eigenvalue weighted by molar-refractivity contribution is 5.82. The SMILES string of the molecule is CC1(CNC(=O)[C@@H](N)c2ccccc2)CCC1. The molecule has 3 heteroatoms. The van der Waals surface area contributed by atoms with Crippen LogP contribution in [0.15, 0.2) is 30.3 Å². The first-order chi connectivity index (χ1) is 8.11. The van der Waals surface area contributed by atoms with E-state index < -0.39 is 6.04 Å². The van der Waals surface area contributed by atoms with Crippen molar-refractivity contribution in [3.05, 3.63) is 35.9 Å². The fraction of sp³-hybridized carbons (Fsp3) is 0.500. The van der Waals surface area contributed by atoms with Crippen LogP contribution in [0.4, 0.5) is 0 Å². The molecule has 3 N–H and O–H groups in total. The van der Waals surface area contributed by atoms with Gasteiger partial charge in [-0.25, -0.2) is 0 Å². The van der Waals surface area contributed by atoms with Crippen molar-refractivity contribution >= 4 is 5.91 Å². The first-order valence-corrected chi connectivity index (χ1v) is 6.19. The van der Waals surface area contributed by atoms with Crippen molar-refractivity contribution in [2.75, 3.05) is 6.54 Å². The van der Waals surface area contributed by atoms with Crippen LogP contribution in [0.2, 0.25) is 0 Å². The molecule has 0 radical (unpaired) electrons. The average Bonchev–Trinajstić information content (AvgIpc) is 2.33. The summed E-state index contributed by atoms with van der Waals surface area (Å²) in [5, 5.41) is 2.96. The molecule has 0 spiro atoms. The fourth-order valence-electron chi connectivity index (χ4n) is 2.18. The predicted octanol–water partition coefficient (Wildman–Crippen LogP) is 1.99. The van der Waals surface area contributed by atoms with E-state index in [-0.39, 0.29) is 5.91 Å². The van der Waals surface area contributed by atoms with Gasteiger partial charge in [0.2, 0.25) is 5.91 Å². The predicted molar refractivity (Wildman–Crippen MR) is 68.3 cm³/mol. The molecule has 1 atom stereocenters. The number of amides is 1. The van der Waals surface area contributed by atoms with Gasteiger partial charge >= 0.3 is 0 Å². The van der Waals surface area contributed by atoms with E-state index in [9.17, 15) is 4.79 Å². The zero-order valence-electron chi connectivity index (χ0n) is 10.3. The Morgan fingerprint density at radius 2 is 2.06 bits per heavy atom. The Morgan fingerprint density at radius 1 is 1.41 bits per heavy atom. The lowest BCUT2D eigenvalue weighted by atomic mass is 9.70. The minimum Gasteiger partial charge on any atom is -0.354 e. The lowest BCUT2D eigenvalue weighted by Crippen LogP contribution is -2.43. The molecular weight excluding hydrogens is 212 g/mol. The van der Waals surface area contributed by atoms with Crippen molar-refractivity contribution in [1.82, 2.24) is 5.32 Å². The molecule has 92 valence electrons. The van der Waals surface area contributed by atoms with Gasteiger partial charge in [-0.2, -0.15) is 0 Å². The molecule has 1 aromatic carbocycles. The number of nitrogens with two attached hydrogens (primary N) is 1. The summed E-state index contributed by atoms with van der Waals surface area (Å²) in [6, 6.07) is 8.93. The molecule has 0 unspecified atom stereocenters. The van der Waals surface area contributed by atoms with Gasteiger partial charge in [0.25, 0.3) is 0 Å². The van der Waals surface area contributed by atoms with Gasteiger partial charge < -0.3 is 11.1 Å². The molecule has 17 heavy (non-hydrogen) atoms. The standard InChI is InChI=1S/C14H20N2O/c1-14(8-5-9-14)10-16-13(17)12(15)11-6-3-2-4-7-11/h2-4,6-7,12H,5,8-10,15H2,1H3,(H,16,17)/t12-/m0/s1. The summed E-state index contributed by atoms with van der Waals surface area (Å²) < 4.78 is 0. The summed E-state index contributed by atoms with van der Waals surface area (Å²) in [4.78, 5) is 11.9. The lowest BCUT2D eigenvalue weighted by Gasteiger charge is -2.38. The van der Waals surface area contributed by atoms with Crippen molar-refractivity contribution in [1.29, 1.82) is 0 Å². The van der Waals surface area contributed by atoms with Crippen LogP contribution >= 0.6 is 0 Å². The van der Waals surface area contributed by atoms with Crippen LogP contribution in [0.5, 0.6) is 0 Å². The monoisotopic (exact) mass is 232 g/mol. The highest BCUT2D eigenvalue weighted by Crippen LogP contribution is 2.39. The molecule has 1 amide bonds. The van der Waals surface area contributed by atoms with Crippen LogP contribution in [0.1, 0.15) is 37.8 Å². The van der Waals surface area contributed by atoms with E-state index in [1.807, 2.05) is 30.3 Å². The van der Waals surface area contributed by atoms with Crippen LogP contribution in [0.25, 0.3) is 0 Å². The second kappa shape index (κ2) is 4.88. The first-order valence-electron chi connectivity index (χ1n) is 6.19. The molecule has 1 aliphatic rings. The zero-order valence-corrected chi connectivity index (χ0v) is 10.3. The summed E-state index contributed by atoms with van der Waals surface area (Å²) in [5.74, 6) is -0.0793. The van der Waals surface area contributed by atoms with Crippen molar-refractivity contribution in [3.63, 3.8) is 0 Å². The smallest absolute Gasteiger partial charge is 0.241 e. The molecule has 1 aliphatic carbocycles. The van der Waals surface area contributed by atoms with E-state index in [4.69, 9.17) is 5.73 Å². The molecule has 3 nitrogen and oxygen atoms in total. The largest absolute Gasteiger partial charge is 0.354 e. The topological polar surface area (TPSA) is 55.1 Å². The minimum absolute atomic E-state index is 0.0793. The van der Waals surface area contributed by atoms with Gasteiger partial charge in [0.05, 0.1) is 0 Å². The Hall–Kier alpha value is -1.35. The maximum atomic E-state index is 11.9. The third-order valence-corrected chi connectivity index (χ3v) is 3.69. The first kappa shape index (κ1) is 12.1. The van der Waals surface area contributed by atoms with Crippen molar-refractivity contribution < 1.29 is 4.79 Å². The fourth-order valence-corrected chi connectivity index (χ4v) is 2.18. The Labute approximate surface area is 102 Å². The Balaban J connectivity index is 1.87. The van der Waals surface area contributed by atoms with E-state index in [0.29, 0.717) is 5.41 Å². The number of carbonyl (C=O) groups is 1. The molecule has 1 fully saturated rings. The number of rotatable bonds is 4. The molecule has 0 saturated heterocycles. The Bertz CT molecular complexity index is 384. The van der Waals surface area contributed by atoms with Crippen LogP contribution in [0, 0.1) is 5.41 Å². The Morgan fingerprint density at radius 3 is 2.59 bits per heavy atom. The lowest BCUT2D eigenvalue weighted by molar-refractivity contribution is -0.123. The second-order valence-electron chi connectivity index (χ2n) is 5.27. The zero-order chi connectivity index (χ0) is 12.3. The van der Waals surface area contributed by atoms with Gasteiger partial charge in [0.15, 0.2) is 0 Å². The summed E-state index contributed by atoms with van der Waals surface area (Å²) in [6.45, 7) is 2.96. The highest BCUT2D eigenvalue weighted by atomic mass is 16.2. The van der Waals surface area contributed by atoms with Gasteiger partial charge in [-0.3, -0.25) is 4.79 Å². The maximum Gasteiger partial charge on any atom is 0.241 e. The number of hydrogen-bond donors (Lipinski definition) is 2. The van der Waals surface area contributed by atoms with Crippen molar-refractivity contribution in [2.24, 2.45) is 11.1 Å². The summed E-state index contributed by atoms with van der Waals surface area (Å²) >= 11 is 0. The van der Waals surface area contributed by atoms with Gasteiger partial charge in [-0.15, -0.1) is 0 Å². The quantitative estimate of drug-likeness (QED) is 0.834. The van der Waals surface area contributed by atoms with Crippen molar-refractivity contribution in [2.45, 2.75) is 32.2 Å². The number of benzene rings is 1. The molecule has 2 rings (SSSR count). The second-order valence-corrected chi connectivity index (χ2v) is 5.27. The molecule has 0 aromatic heterocycles. The van der Waals surface area contributed by atoms with Gasteiger partial charge in [0, 0.05) is 6.54 Å². The highest BCUT2D eigenvalue weighted by Gasteiger charge is 2.32. The van der Waals surface area contributed by atoms with E-state index in [1.54, 1.807) is 0 Å². The molecule has 1 saturated carbocycles. The number of nitrogens with one attached hydrogen (secondary N) is 1. The van der Waals surface area contributed by atoms with Gasteiger partial charge in [0.1, 0.15) is 6.04 Å². The normalized spacial score (nSPS) is 19.2. The van der Waals surface area contributed by atoms with E-state index in [1.165, 1.54) is 19.3 Å². The summed E-state index contributed by atoms with van der Waals surface area (Å²) in [6.07, 6.45) is 3.68. The Kier molecular flexibility index (Phi) is 3.48. The van der Waals surface area contributed by atoms with Crippen LogP contribution in [-0.2, 0) is 4.79 Å². The third-order valence-electron chi connectivity index (χ3n) is 3.69. The minimum atomic E-state index is -0.556. The van der Waals surface area contributed by atoms with E-state index in [0.717, 1.165) is 12.1 Å². The van der Waals surface area contributed by atoms with E-state index >= 15 is 0 Å². The average molecular weight is 232 g/mol.